The Morgan fingerprint density at radius 1 is 1.36 bits per heavy atom. The van der Waals surface area contributed by atoms with Crippen molar-refractivity contribution in [3.05, 3.63) is 32.1 Å². The van der Waals surface area contributed by atoms with Crippen LogP contribution in [-0.2, 0) is 12.8 Å². The van der Waals surface area contributed by atoms with E-state index in [2.05, 4.69) is 16.9 Å². The number of aromatic nitrogens is 2. The lowest BCUT2D eigenvalue weighted by atomic mass is 9.86. The zero-order valence-electron chi connectivity index (χ0n) is 8.22. The molecule has 14 heavy (non-hydrogen) atoms. The SMILES string of the molecule is CCC1CCc2[nH]c(=O)[nH]c(=O)c2C1. The van der Waals surface area contributed by atoms with Crippen LogP contribution in [0.15, 0.2) is 9.59 Å². The molecule has 0 aromatic carbocycles. The molecule has 0 bridgehead atoms. The first-order chi connectivity index (χ1) is 6.70. The third kappa shape index (κ3) is 1.52. The lowest BCUT2D eigenvalue weighted by molar-refractivity contribution is 0.435. The van der Waals surface area contributed by atoms with Gasteiger partial charge in [-0.05, 0) is 25.2 Å². The van der Waals surface area contributed by atoms with E-state index in [4.69, 9.17) is 0 Å². The lowest BCUT2D eigenvalue weighted by Crippen LogP contribution is -2.32. The summed E-state index contributed by atoms with van der Waals surface area (Å²) in [4.78, 5) is 27.5. The first-order valence-electron chi connectivity index (χ1n) is 5.05. The van der Waals surface area contributed by atoms with E-state index < -0.39 is 0 Å². The fourth-order valence-corrected chi connectivity index (χ4v) is 2.08. The zero-order valence-corrected chi connectivity index (χ0v) is 8.22. The minimum atomic E-state index is -0.385. The van der Waals surface area contributed by atoms with Crippen LogP contribution < -0.4 is 11.2 Å². The number of H-pyrrole nitrogens is 2. The Hall–Kier alpha value is -1.32. The highest BCUT2D eigenvalue weighted by Crippen LogP contribution is 2.22. The molecule has 1 heterocycles. The Balaban J connectivity index is 2.47. The first kappa shape index (κ1) is 9.24. The summed E-state index contributed by atoms with van der Waals surface area (Å²) in [6, 6.07) is 0. The van der Waals surface area contributed by atoms with E-state index in [1.807, 2.05) is 0 Å². The van der Waals surface area contributed by atoms with E-state index in [1.54, 1.807) is 0 Å². The van der Waals surface area contributed by atoms with Gasteiger partial charge in [0.05, 0.1) is 0 Å². The second-order valence-electron chi connectivity index (χ2n) is 3.88. The number of nitrogens with one attached hydrogen (secondary N) is 2. The molecule has 0 saturated carbocycles. The largest absolute Gasteiger partial charge is 0.325 e. The van der Waals surface area contributed by atoms with Crippen LogP contribution in [0.4, 0.5) is 0 Å². The van der Waals surface area contributed by atoms with Crippen LogP contribution in [0, 0.1) is 5.92 Å². The number of hydrogen-bond donors (Lipinski definition) is 2. The normalized spacial score (nSPS) is 20.5. The van der Waals surface area contributed by atoms with Gasteiger partial charge in [-0.1, -0.05) is 13.3 Å². The minimum absolute atomic E-state index is 0.207. The standard InChI is InChI=1S/C10H14N2O2/c1-2-6-3-4-8-7(5-6)9(13)12-10(14)11-8/h6H,2-5H2,1H3,(H2,11,12,13,14). The quantitative estimate of drug-likeness (QED) is 0.686. The molecule has 1 aromatic rings. The van der Waals surface area contributed by atoms with E-state index in [0.717, 1.165) is 36.9 Å². The molecular weight excluding hydrogens is 180 g/mol. The molecule has 1 aliphatic rings. The predicted octanol–water partition coefficient (Wildman–Crippen LogP) is 0.578. The third-order valence-electron chi connectivity index (χ3n) is 3.00. The van der Waals surface area contributed by atoms with Crippen molar-refractivity contribution >= 4 is 0 Å². The number of aromatic amines is 2. The van der Waals surface area contributed by atoms with Crippen LogP contribution in [0.25, 0.3) is 0 Å². The molecular formula is C10H14N2O2. The van der Waals surface area contributed by atoms with Gasteiger partial charge < -0.3 is 4.98 Å². The number of rotatable bonds is 1. The van der Waals surface area contributed by atoms with E-state index in [9.17, 15) is 9.59 Å². The maximum atomic E-state index is 11.5. The van der Waals surface area contributed by atoms with Gasteiger partial charge in [-0.2, -0.15) is 0 Å². The molecule has 0 amide bonds. The maximum absolute atomic E-state index is 11.5. The monoisotopic (exact) mass is 194 g/mol. The highest BCUT2D eigenvalue weighted by molar-refractivity contribution is 5.19. The number of aryl methyl sites for hydroxylation is 1. The van der Waals surface area contributed by atoms with Crippen LogP contribution in [-0.4, -0.2) is 9.97 Å². The van der Waals surface area contributed by atoms with Gasteiger partial charge in [-0.25, -0.2) is 4.79 Å². The second-order valence-corrected chi connectivity index (χ2v) is 3.88. The molecule has 2 N–H and O–H groups in total. The van der Waals surface area contributed by atoms with Crippen LogP contribution in [0.5, 0.6) is 0 Å². The fourth-order valence-electron chi connectivity index (χ4n) is 2.08. The molecule has 76 valence electrons. The van der Waals surface area contributed by atoms with Crippen LogP contribution in [0.3, 0.4) is 0 Å². The van der Waals surface area contributed by atoms with Gasteiger partial charge in [0.25, 0.3) is 5.56 Å². The summed E-state index contributed by atoms with van der Waals surface area (Å²) in [5, 5.41) is 0. The van der Waals surface area contributed by atoms with Gasteiger partial charge in [0.1, 0.15) is 0 Å². The summed E-state index contributed by atoms with van der Waals surface area (Å²) >= 11 is 0. The summed E-state index contributed by atoms with van der Waals surface area (Å²) in [6.45, 7) is 2.13. The maximum Gasteiger partial charge on any atom is 0.325 e. The summed E-state index contributed by atoms with van der Waals surface area (Å²) in [6.07, 6.45) is 3.80. The van der Waals surface area contributed by atoms with Crippen molar-refractivity contribution < 1.29 is 0 Å². The van der Waals surface area contributed by atoms with Crippen molar-refractivity contribution in [2.45, 2.75) is 32.6 Å². The molecule has 4 heteroatoms. The van der Waals surface area contributed by atoms with E-state index in [-0.39, 0.29) is 11.2 Å². The van der Waals surface area contributed by atoms with Crippen molar-refractivity contribution in [1.82, 2.24) is 9.97 Å². The van der Waals surface area contributed by atoms with Crippen LogP contribution in [0.2, 0.25) is 0 Å². The summed E-state index contributed by atoms with van der Waals surface area (Å²) in [5.74, 6) is 0.592. The van der Waals surface area contributed by atoms with Gasteiger partial charge in [0.2, 0.25) is 0 Å². The molecule has 1 unspecified atom stereocenters. The van der Waals surface area contributed by atoms with E-state index >= 15 is 0 Å². The molecule has 1 aromatic heterocycles. The fraction of sp³-hybridized carbons (Fsp3) is 0.600. The van der Waals surface area contributed by atoms with Crippen molar-refractivity contribution in [2.75, 3.05) is 0 Å². The Labute approximate surface area is 81.4 Å². The molecule has 2 rings (SSSR count). The molecule has 1 aliphatic carbocycles. The van der Waals surface area contributed by atoms with Gasteiger partial charge in [-0.3, -0.25) is 9.78 Å². The second kappa shape index (κ2) is 3.44. The molecule has 1 atom stereocenters. The Bertz CT molecular complexity index is 444. The van der Waals surface area contributed by atoms with Crippen molar-refractivity contribution in [2.24, 2.45) is 5.92 Å². The third-order valence-corrected chi connectivity index (χ3v) is 3.00. The predicted molar refractivity (Wildman–Crippen MR) is 53.5 cm³/mol. The van der Waals surface area contributed by atoms with Gasteiger partial charge in [0, 0.05) is 11.3 Å². The first-order valence-corrected chi connectivity index (χ1v) is 5.05. The van der Waals surface area contributed by atoms with E-state index in [0.29, 0.717) is 5.92 Å². The van der Waals surface area contributed by atoms with Crippen LogP contribution in [0.1, 0.15) is 31.0 Å². The molecule has 4 nitrogen and oxygen atoms in total. The zero-order chi connectivity index (χ0) is 10.1. The van der Waals surface area contributed by atoms with Crippen molar-refractivity contribution in [1.29, 1.82) is 0 Å². The highest BCUT2D eigenvalue weighted by Gasteiger charge is 2.20. The summed E-state index contributed by atoms with van der Waals surface area (Å²) in [7, 11) is 0. The summed E-state index contributed by atoms with van der Waals surface area (Å²) in [5.41, 5.74) is 1.02. The minimum Gasteiger partial charge on any atom is -0.311 e. The smallest absolute Gasteiger partial charge is 0.311 e. The van der Waals surface area contributed by atoms with E-state index in [1.165, 1.54) is 0 Å². The summed E-state index contributed by atoms with van der Waals surface area (Å²) < 4.78 is 0. The topological polar surface area (TPSA) is 65.7 Å². The average molecular weight is 194 g/mol. The van der Waals surface area contributed by atoms with Crippen molar-refractivity contribution in [3.63, 3.8) is 0 Å². The molecule has 0 radical (unpaired) electrons. The molecule has 0 fully saturated rings. The Morgan fingerprint density at radius 3 is 2.86 bits per heavy atom. The van der Waals surface area contributed by atoms with Gasteiger partial charge in [0.15, 0.2) is 0 Å². The van der Waals surface area contributed by atoms with Gasteiger partial charge in [-0.15, -0.1) is 0 Å². The molecule has 0 aliphatic heterocycles. The lowest BCUT2D eigenvalue weighted by Gasteiger charge is -2.21. The Morgan fingerprint density at radius 2 is 2.14 bits per heavy atom. The molecule has 0 saturated heterocycles. The highest BCUT2D eigenvalue weighted by atomic mass is 16.2. The molecule has 0 spiro atoms. The Kier molecular flexibility index (Phi) is 2.27. The average Bonchev–Trinajstić information content (AvgIpc) is 2.17. The van der Waals surface area contributed by atoms with Crippen molar-refractivity contribution in [3.8, 4) is 0 Å². The van der Waals surface area contributed by atoms with Crippen LogP contribution >= 0.6 is 0 Å². The number of hydrogen-bond acceptors (Lipinski definition) is 2. The number of fused-ring (bicyclic) bond motifs is 1. The van der Waals surface area contributed by atoms with Gasteiger partial charge >= 0.3 is 5.69 Å².